The number of anilines is 2. The Morgan fingerprint density at radius 2 is 1.69 bits per heavy atom. The molecule has 3 aromatic rings. The molecule has 0 unspecified atom stereocenters. The van der Waals surface area contributed by atoms with Crippen molar-refractivity contribution >= 4 is 33.3 Å². The molecule has 2 amide bonds. The minimum atomic E-state index is -3.81. The van der Waals surface area contributed by atoms with E-state index < -0.39 is 10.0 Å². The van der Waals surface area contributed by atoms with E-state index in [0.717, 1.165) is 25.2 Å². The molecule has 1 aliphatic heterocycles. The number of nitrogens with one attached hydrogen (secondary N) is 2. The molecular weight excluding hydrogens is 514 g/mol. The summed E-state index contributed by atoms with van der Waals surface area (Å²) in [5.74, 6) is 0.390. The number of carbonyl (C=O) groups is 1. The molecule has 1 fully saturated rings. The molecule has 1 saturated heterocycles. The minimum absolute atomic E-state index is 0.00445. The van der Waals surface area contributed by atoms with E-state index in [2.05, 4.69) is 16.3 Å². The number of carbonyl (C=O) groups excluding carboxylic acids is 1. The van der Waals surface area contributed by atoms with E-state index >= 15 is 0 Å². The van der Waals surface area contributed by atoms with Crippen molar-refractivity contribution in [3.63, 3.8) is 0 Å². The molecule has 0 bridgehead atoms. The Morgan fingerprint density at radius 3 is 2.33 bits per heavy atom. The second kappa shape index (κ2) is 12.5. The van der Waals surface area contributed by atoms with Crippen LogP contribution in [0.2, 0.25) is 0 Å². The summed E-state index contributed by atoms with van der Waals surface area (Å²) in [5, 5.41) is 25.7. The van der Waals surface area contributed by atoms with Gasteiger partial charge in [-0.1, -0.05) is 42.5 Å². The van der Waals surface area contributed by atoms with Crippen LogP contribution in [0.15, 0.2) is 83.8 Å². The maximum absolute atomic E-state index is 13.5. The topological polar surface area (TPSA) is 147 Å². The highest BCUT2D eigenvalue weighted by Crippen LogP contribution is 2.21. The van der Waals surface area contributed by atoms with E-state index in [-0.39, 0.29) is 17.5 Å². The summed E-state index contributed by atoms with van der Waals surface area (Å²) in [6, 6.07) is 24.3. The number of primary sulfonamides is 1. The Bertz CT molecular complexity index is 1450. The molecule has 0 spiro atoms. The van der Waals surface area contributed by atoms with Crippen molar-refractivity contribution in [2.45, 2.75) is 17.9 Å². The van der Waals surface area contributed by atoms with E-state index in [1.165, 1.54) is 12.1 Å². The first-order valence-corrected chi connectivity index (χ1v) is 14.1. The molecule has 0 atom stereocenters. The van der Waals surface area contributed by atoms with Gasteiger partial charge in [0.2, 0.25) is 10.0 Å². The number of rotatable bonds is 8. The number of nitrogens with two attached hydrogens (primary N) is 1. The summed E-state index contributed by atoms with van der Waals surface area (Å²) < 4.78 is 23.2. The predicted octanol–water partition coefficient (Wildman–Crippen LogP) is 3.43. The molecule has 39 heavy (non-hydrogen) atoms. The molecule has 11 heteroatoms. The van der Waals surface area contributed by atoms with Crippen molar-refractivity contribution < 1.29 is 13.2 Å². The predicted molar refractivity (Wildman–Crippen MR) is 151 cm³/mol. The Hall–Kier alpha value is -4.24. The summed E-state index contributed by atoms with van der Waals surface area (Å²) >= 11 is 0. The molecule has 4 N–H and O–H groups in total. The lowest BCUT2D eigenvalue weighted by Gasteiger charge is -2.35. The largest absolute Gasteiger partial charge is 0.354 e. The Kier molecular flexibility index (Phi) is 8.93. The smallest absolute Gasteiger partial charge is 0.326 e. The van der Waals surface area contributed by atoms with Crippen LogP contribution in [0.4, 0.5) is 16.2 Å². The van der Waals surface area contributed by atoms with E-state index in [4.69, 9.17) is 15.8 Å². The van der Waals surface area contributed by atoms with Crippen LogP contribution in [0.1, 0.15) is 17.5 Å². The van der Waals surface area contributed by atoms with Crippen molar-refractivity contribution in [3.05, 3.63) is 90.0 Å². The first kappa shape index (κ1) is 27.8. The van der Waals surface area contributed by atoms with E-state index in [0.29, 0.717) is 42.3 Å². The van der Waals surface area contributed by atoms with Crippen LogP contribution in [0, 0.1) is 16.7 Å². The lowest BCUT2D eigenvalue weighted by Crippen LogP contribution is -2.48. The van der Waals surface area contributed by atoms with Crippen LogP contribution >= 0.6 is 0 Å². The van der Waals surface area contributed by atoms with Gasteiger partial charge in [-0.2, -0.15) is 5.26 Å². The van der Waals surface area contributed by atoms with Crippen molar-refractivity contribution in [1.82, 2.24) is 9.80 Å². The second-order valence-corrected chi connectivity index (χ2v) is 10.8. The fourth-order valence-corrected chi connectivity index (χ4v) is 4.89. The van der Waals surface area contributed by atoms with Crippen molar-refractivity contribution in [2.75, 3.05) is 42.9 Å². The molecular formula is C28H31N7O3S. The van der Waals surface area contributed by atoms with Gasteiger partial charge < -0.3 is 10.2 Å². The summed E-state index contributed by atoms with van der Waals surface area (Å²) in [6.45, 7) is 3.94. The van der Waals surface area contributed by atoms with Crippen molar-refractivity contribution in [2.24, 2.45) is 5.14 Å². The maximum atomic E-state index is 13.5. The number of hydrogen-bond acceptors (Lipinski definition) is 6. The third-order valence-electron chi connectivity index (χ3n) is 6.52. The van der Waals surface area contributed by atoms with Crippen LogP contribution in [0.25, 0.3) is 0 Å². The number of hydrogen-bond donors (Lipinski definition) is 3. The fraction of sp³-hybridized carbons (Fsp3) is 0.250. The molecule has 202 valence electrons. The molecule has 0 aliphatic carbocycles. The highest BCUT2D eigenvalue weighted by Gasteiger charge is 2.21. The number of urea groups is 1. The van der Waals surface area contributed by atoms with Gasteiger partial charge in [0.1, 0.15) is 5.84 Å². The lowest BCUT2D eigenvalue weighted by atomic mass is 10.1. The quantitative estimate of drug-likeness (QED) is 0.292. The zero-order valence-corrected chi connectivity index (χ0v) is 22.3. The second-order valence-electron chi connectivity index (χ2n) is 9.21. The third-order valence-corrected chi connectivity index (χ3v) is 7.45. The number of nitriles is 1. The minimum Gasteiger partial charge on any atom is -0.354 e. The number of amidine groups is 1. The van der Waals surface area contributed by atoms with Crippen LogP contribution in [-0.2, 0) is 16.6 Å². The van der Waals surface area contributed by atoms with Gasteiger partial charge >= 0.3 is 6.03 Å². The summed E-state index contributed by atoms with van der Waals surface area (Å²) in [4.78, 5) is 19.3. The maximum Gasteiger partial charge on any atom is 0.326 e. The highest BCUT2D eigenvalue weighted by molar-refractivity contribution is 7.89. The third kappa shape index (κ3) is 7.42. The Labute approximate surface area is 228 Å². The SMILES string of the molecule is N#CCCN1CCN(C(=N)c2cccc(NC(=O)N(Cc3ccc(S(N)(=O)=O)cc3)c3ccccc3)c2)CC1. The normalized spacial score (nSPS) is 13.9. The zero-order valence-electron chi connectivity index (χ0n) is 21.5. The monoisotopic (exact) mass is 545 g/mol. The van der Waals surface area contributed by atoms with Crippen LogP contribution in [0.5, 0.6) is 0 Å². The molecule has 0 radical (unpaired) electrons. The first-order chi connectivity index (χ1) is 18.7. The number of nitrogens with zero attached hydrogens (tertiary/aromatic N) is 4. The molecule has 3 aromatic carbocycles. The molecule has 4 rings (SSSR count). The van der Waals surface area contributed by atoms with Crippen LogP contribution < -0.4 is 15.4 Å². The van der Waals surface area contributed by atoms with Gasteiger partial charge in [-0.25, -0.2) is 18.4 Å². The highest BCUT2D eigenvalue weighted by atomic mass is 32.2. The zero-order chi connectivity index (χ0) is 27.8. The summed E-state index contributed by atoms with van der Waals surface area (Å²) in [5.41, 5.74) is 2.65. The number of benzene rings is 3. The average Bonchev–Trinajstić information content (AvgIpc) is 2.95. The van der Waals surface area contributed by atoms with Crippen molar-refractivity contribution in [3.8, 4) is 6.07 Å². The Balaban J connectivity index is 1.47. The lowest BCUT2D eigenvalue weighted by molar-refractivity contribution is 0.185. The molecule has 10 nitrogen and oxygen atoms in total. The average molecular weight is 546 g/mol. The van der Waals surface area contributed by atoms with E-state index in [1.807, 2.05) is 47.4 Å². The number of para-hydroxylation sites is 1. The van der Waals surface area contributed by atoms with Gasteiger partial charge in [-0.3, -0.25) is 15.2 Å². The van der Waals surface area contributed by atoms with E-state index in [9.17, 15) is 13.2 Å². The van der Waals surface area contributed by atoms with Crippen LogP contribution in [0.3, 0.4) is 0 Å². The standard InChI is InChI=1S/C28H31N7O3S/c29-14-5-15-33-16-18-34(19-17-33)27(30)23-6-4-7-24(20-23)32-28(36)35(25-8-2-1-3-9-25)21-22-10-12-26(13-11-22)39(31,37)38/h1-4,6-13,20,30H,5,15-19,21H2,(H,32,36)(H2,31,37,38). The van der Waals surface area contributed by atoms with Crippen LogP contribution in [-0.4, -0.2) is 62.8 Å². The molecule has 1 heterocycles. The number of sulfonamides is 1. The fourth-order valence-electron chi connectivity index (χ4n) is 4.38. The number of piperazine rings is 1. The molecule has 1 aliphatic rings. The first-order valence-electron chi connectivity index (χ1n) is 12.5. The summed E-state index contributed by atoms with van der Waals surface area (Å²) in [6.07, 6.45) is 0.500. The Morgan fingerprint density at radius 1 is 1.00 bits per heavy atom. The van der Waals surface area contributed by atoms with Gasteiger partial charge in [-0.05, 0) is 42.0 Å². The van der Waals surface area contributed by atoms with Gasteiger partial charge in [-0.15, -0.1) is 0 Å². The van der Waals surface area contributed by atoms with Gasteiger partial charge in [0.15, 0.2) is 0 Å². The van der Waals surface area contributed by atoms with Gasteiger partial charge in [0.05, 0.1) is 17.5 Å². The molecule has 0 aromatic heterocycles. The molecule has 0 saturated carbocycles. The number of amides is 2. The van der Waals surface area contributed by atoms with Crippen molar-refractivity contribution in [1.29, 1.82) is 10.7 Å². The van der Waals surface area contributed by atoms with Gasteiger partial charge in [0, 0.05) is 56.1 Å². The summed E-state index contributed by atoms with van der Waals surface area (Å²) in [7, 11) is -3.81. The van der Waals surface area contributed by atoms with Gasteiger partial charge in [0.25, 0.3) is 0 Å². The van der Waals surface area contributed by atoms with E-state index in [1.54, 1.807) is 29.2 Å².